The monoisotopic (exact) mass is 427 g/mol. The predicted octanol–water partition coefficient (Wildman–Crippen LogP) is 9.42. The molecule has 0 fully saturated rings. The molecule has 3 unspecified atom stereocenters. The maximum atomic E-state index is 4.76. The summed E-state index contributed by atoms with van der Waals surface area (Å²) in [5.41, 5.74) is 7.95. The van der Waals surface area contributed by atoms with Crippen molar-refractivity contribution in [3.8, 4) is 22.4 Å². The van der Waals surface area contributed by atoms with E-state index in [1.807, 2.05) is 12.3 Å². The second-order valence-electron chi connectivity index (χ2n) is 9.57. The van der Waals surface area contributed by atoms with Crippen LogP contribution in [0.2, 0.25) is 0 Å². The Balaban J connectivity index is 2.15. The highest BCUT2D eigenvalue weighted by Gasteiger charge is 2.33. The molecule has 3 atom stereocenters. The first kappa shape index (κ1) is 24.2. The van der Waals surface area contributed by atoms with Crippen LogP contribution < -0.4 is 0 Å². The van der Waals surface area contributed by atoms with E-state index in [1.54, 1.807) is 0 Å². The number of rotatable bonds is 10. The van der Waals surface area contributed by atoms with Crippen molar-refractivity contribution in [2.75, 3.05) is 0 Å². The quantitative estimate of drug-likeness (QED) is 0.314. The number of aromatic nitrogens is 1. The fourth-order valence-corrected chi connectivity index (χ4v) is 5.14. The first-order valence-electron chi connectivity index (χ1n) is 12.6. The van der Waals surface area contributed by atoms with Crippen molar-refractivity contribution in [3.63, 3.8) is 0 Å². The van der Waals surface area contributed by atoms with Gasteiger partial charge in [0.2, 0.25) is 0 Å². The van der Waals surface area contributed by atoms with Crippen LogP contribution in [0.5, 0.6) is 0 Å². The van der Waals surface area contributed by atoms with Gasteiger partial charge in [-0.25, -0.2) is 0 Å². The molecule has 0 N–H and O–H groups in total. The second kappa shape index (κ2) is 10.9. The van der Waals surface area contributed by atoms with Crippen LogP contribution in [-0.4, -0.2) is 4.98 Å². The van der Waals surface area contributed by atoms with E-state index in [9.17, 15) is 0 Å². The van der Waals surface area contributed by atoms with Crippen LogP contribution in [0.25, 0.3) is 22.4 Å². The van der Waals surface area contributed by atoms with Gasteiger partial charge in [0.1, 0.15) is 0 Å². The van der Waals surface area contributed by atoms with E-state index in [0.29, 0.717) is 11.8 Å². The molecule has 170 valence electrons. The minimum absolute atomic E-state index is 0.121. The van der Waals surface area contributed by atoms with Crippen molar-refractivity contribution in [1.82, 2.24) is 4.98 Å². The molecule has 1 aromatic heterocycles. The molecule has 0 spiro atoms. The molecule has 0 radical (unpaired) electrons. The fourth-order valence-electron chi connectivity index (χ4n) is 5.14. The summed E-state index contributed by atoms with van der Waals surface area (Å²) >= 11 is 0. The number of pyridine rings is 1. The third kappa shape index (κ3) is 4.98. The van der Waals surface area contributed by atoms with Crippen LogP contribution in [-0.2, 0) is 5.41 Å². The largest absolute Gasteiger partial charge is 0.256 e. The Morgan fingerprint density at radius 2 is 1.62 bits per heavy atom. The molecule has 0 saturated carbocycles. The van der Waals surface area contributed by atoms with E-state index in [4.69, 9.17) is 4.98 Å². The highest BCUT2D eigenvalue weighted by molar-refractivity contribution is 5.75. The average Bonchev–Trinajstić information content (AvgIpc) is 2.86. The molecule has 1 heteroatoms. The summed E-state index contributed by atoms with van der Waals surface area (Å²) < 4.78 is 0. The summed E-state index contributed by atoms with van der Waals surface area (Å²) in [4.78, 5) is 4.76. The van der Waals surface area contributed by atoms with Crippen LogP contribution in [0, 0.1) is 5.92 Å². The summed E-state index contributed by atoms with van der Waals surface area (Å²) in [6, 6.07) is 22.6. The molecule has 1 heterocycles. The molecule has 2 aromatic carbocycles. The van der Waals surface area contributed by atoms with Crippen LogP contribution in [0.1, 0.15) is 90.7 Å². The number of nitrogens with zero attached hydrogens (tertiary/aromatic N) is 1. The molecular formula is C31H41N. The molecule has 3 aromatic rings. The standard InChI is InChI=1S/C31H41N/c1-7-14-24(9-3)25-15-13-16-26(21-25)27-18-19-29(31(6,10-4)23(5)8-2)28(22-27)30-17-11-12-20-32-30/h11-13,15-24H,7-10,14H2,1-6H3. The average molecular weight is 428 g/mol. The van der Waals surface area contributed by atoms with Crippen LogP contribution in [0.3, 0.4) is 0 Å². The molecule has 0 amide bonds. The Hall–Kier alpha value is -2.41. The lowest BCUT2D eigenvalue weighted by Gasteiger charge is -2.37. The first-order chi connectivity index (χ1) is 15.5. The summed E-state index contributed by atoms with van der Waals surface area (Å²) in [6.07, 6.45) is 7.88. The van der Waals surface area contributed by atoms with Gasteiger partial charge in [0.25, 0.3) is 0 Å². The highest BCUT2D eigenvalue weighted by atomic mass is 14.7. The fraction of sp³-hybridized carbons (Fsp3) is 0.452. The Bertz CT molecular complexity index is 990. The van der Waals surface area contributed by atoms with Crippen molar-refractivity contribution in [2.24, 2.45) is 5.92 Å². The minimum atomic E-state index is 0.121. The smallest absolute Gasteiger partial charge is 0.0705 e. The predicted molar refractivity (Wildman–Crippen MR) is 140 cm³/mol. The zero-order valence-electron chi connectivity index (χ0n) is 21.0. The minimum Gasteiger partial charge on any atom is -0.256 e. The number of hydrogen-bond donors (Lipinski definition) is 0. The number of benzene rings is 2. The Morgan fingerprint density at radius 1 is 0.844 bits per heavy atom. The highest BCUT2D eigenvalue weighted by Crippen LogP contribution is 2.43. The molecule has 0 aliphatic heterocycles. The third-order valence-electron chi connectivity index (χ3n) is 7.83. The molecule has 0 aliphatic rings. The first-order valence-corrected chi connectivity index (χ1v) is 12.6. The van der Waals surface area contributed by atoms with Gasteiger partial charge in [-0.2, -0.15) is 0 Å². The Kier molecular flexibility index (Phi) is 8.29. The summed E-state index contributed by atoms with van der Waals surface area (Å²) in [7, 11) is 0. The zero-order chi connectivity index (χ0) is 23.1. The van der Waals surface area contributed by atoms with E-state index in [-0.39, 0.29) is 5.41 Å². The molecule has 0 aliphatic carbocycles. The molecule has 1 nitrogen and oxygen atoms in total. The van der Waals surface area contributed by atoms with Crippen molar-refractivity contribution in [2.45, 2.75) is 85.0 Å². The molecular weight excluding hydrogens is 386 g/mol. The summed E-state index contributed by atoms with van der Waals surface area (Å²) in [5.74, 6) is 1.24. The van der Waals surface area contributed by atoms with E-state index in [2.05, 4.69) is 96.1 Å². The van der Waals surface area contributed by atoms with Gasteiger partial charge >= 0.3 is 0 Å². The SMILES string of the molecule is CCCC(CC)c1cccc(-c2ccc(C(C)(CC)C(C)CC)c(-c3ccccn3)c2)c1. The summed E-state index contributed by atoms with van der Waals surface area (Å²) in [6.45, 7) is 14.0. The molecule has 32 heavy (non-hydrogen) atoms. The normalized spacial score (nSPS) is 15.2. The van der Waals surface area contributed by atoms with Crippen molar-refractivity contribution in [3.05, 3.63) is 78.0 Å². The van der Waals surface area contributed by atoms with Gasteiger partial charge in [-0.05, 0) is 77.0 Å². The van der Waals surface area contributed by atoms with Gasteiger partial charge in [0.15, 0.2) is 0 Å². The maximum absolute atomic E-state index is 4.76. The van der Waals surface area contributed by atoms with Gasteiger partial charge < -0.3 is 0 Å². The van der Waals surface area contributed by atoms with E-state index in [1.165, 1.54) is 53.5 Å². The van der Waals surface area contributed by atoms with E-state index in [0.717, 1.165) is 12.1 Å². The molecule has 0 saturated heterocycles. The topological polar surface area (TPSA) is 12.9 Å². The number of hydrogen-bond acceptors (Lipinski definition) is 1. The van der Waals surface area contributed by atoms with Crippen LogP contribution in [0.15, 0.2) is 66.9 Å². The summed E-state index contributed by atoms with van der Waals surface area (Å²) in [5, 5.41) is 0. The maximum Gasteiger partial charge on any atom is 0.0705 e. The molecule has 0 bridgehead atoms. The van der Waals surface area contributed by atoms with Gasteiger partial charge in [0, 0.05) is 11.8 Å². The van der Waals surface area contributed by atoms with Crippen molar-refractivity contribution in [1.29, 1.82) is 0 Å². The van der Waals surface area contributed by atoms with Crippen LogP contribution >= 0.6 is 0 Å². The van der Waals surface area contributed by atoms with Gasteiger partial charge in [-0.15, -0.1) is 0 Å². The van der Waals surface area contributed by atoms with Crippen LogP contribution in [0.4, 0.5) is 0 Å². The zero-order valence-corrected chi connectivity index (χ0v) is 21.0. The van der Waals surface area contributed by atoms with Crippen molar-refractivity contribution < 1.29 is 0 Å². The third-order valence-corrected chi connectivity index (χ3v) is 7.83. The lowest BCUT2D eigenvalue weighted by Crippen LogP contribution is -2.30. The van der Waals surface area contributed by atoms with Crippen molar-refractivity contribution >= 4 is 0 Å². The second-order valence-corrected chi connectivity index (χ2v) is 9.57. The lowest BCUT2D eigenvalue weighted by atomic mass is 9.67. The Labute approximate surface area is 196 Å². The Morgan fingerprint density at radius 3 is 2.25 bits per heavy atom. The van der Waals surface area contributed by atoms with E-state index >= 15 is 0 Å². The van der Waals surface area contributed by atoms with Gasteiger partial charge in [-0.3, -0.25) is 4.98 Å². The molecule has 3 rings (SSSR count). The van der Waals surface area contributed by atoms with E-state index < -0.39 is 0 Å². The van der Waals surface area contributed by atoms with Gasteiger partial charge in [-0.1, -0.05) is 96.8 Å². The van der Waals surface area contributed by atoms with Gasteiger partial charge in [0.05, 0.1) is 5.69 Å². The lowest BCUT2D eigenvalue weighted by molar-refractivity contribution is 0.296.